The first-order valence-corrected chi connectivity index (χ1v) is 5.11. The van der Waals surface area contributed by atoms with Crippen molar-refractivity contribution in [2.45, 2.75) is 45.5 Å². The highest BCUT2D eigenvalue weighted by molar-refractivity contribution is 5.11. The predicted molar refractivity (Wildman–Crippen MR) is 52.7 cm³/mol. The number of rotatable bonds is 4. The molecule has 0 aliphatic heterocycles. The Hall–Kier alpha value is -1.11. The summed E-state index contributed by atoms with van der Waals surface area (Å²) < 4.78 is 38.6. The molecule has 2 N–H and O–H groups in total. The van der Waals surface area contributed by atoms with Gasteiger partial charge in [0, 0.05) is 6.54 Å². The molecule has 1 aromatic heterocycles. The molecular formula is C9H15F3N4. The lowest BCUT2D eigenvalue weighted by Gasteiger charge is -2.17. The lowest BCUT2D eigenvalue weighted by molar-refractivity contribution is -0.166. The summed E-state index contributed by atoms with van der Waals surface area (Å²) in [5, 5.41) is 7.21. The van der Waals surface area contributed by atoms with Crippen LogP contribution in [-0.4, -0.2) is 21.2 Å². The Morgan fingerprint density at radius 2 is 2.06 bits per heavy atom. The molecule has 0 fully saturated rings. The molecule has 0 saturated heterocycles. The second kappa shape index (κ2) is 4.82. The highest BCUT2D eigenvalue weighted by atomic mass is 19.4. The Labute approximate surface area is 91.6 Å². The Balaban J connectivity index is 3.08. The minimum atomic E-state index is -4.32. The number of hydrogen-bond donors (Lipinski definition) is 1. The number of aromatic nitrogens is 3. The van der Waals surface area contributed by atoms with Crippen molar-refractivity contribution >= 4 is 0 Å². The Morgan fingerprint density at radius 3 is 2.50 bits per heavy atom. The topological polar surface area (TPSA) is 56.7 Å². The molecule has 4 nitrogen and oxygen atoms in total. The van der Waals surface area contributed by atoms with Crippen molar-refractivity contribution in [3.63, 3.8) is 0 Å². The first-order chi connectivity index (χ1) is 7.41. The van der Waals surface area contributed by atoms with E-state index in [-0.39, 0.29) is 6.54 Å². The monoisotopic (exact) mass is 236 g/mol. The standard InChI is InChI=1S/C9H15F3N4/c1-3-4-8-7(5-13)14-15-16(8)6(2)9(10,11)12/h6H,3-5,13H2,1-2H3. The highest BCUT2D eigenvalue weighted by Gasteiger charge is 2.39. The van der Waals surface area contributed by atoms with E-state index < -0.39 is 12.2 Å². The fourth-order valence-electron chi connectivity index (χ4n) is 1.45. The van der Waals surface area contributed by atoms with Crippen molar-refractivity contribution in [1.82, 2.24) is 15.0 Å². The quantitative estimate of drug-likeness (QED) is 0.867. The van der Waals surface area contributed by atoms with Gasteiger partial charge in [0.25, 0.3) is 0 Å². The van der Waals surface area contributed by atoms with Gasteiger partial charge in [0.1, 0.15) is 6.04 Å². The van der Waals surface area contributed by atoms with E-state index >= 15 is 0 Å². The molecule has 0 radical (unpaired) electrons. The van der Waals surface area contributed by atoms with Gasteiger partial charge in [-0.1, -0.05) is 18.6 Å². The summed E-state index contributed by atoms with van der Waals surface area (Å²) >= 11 is 0. The van der Waals surface area contributed by atoms with Crippen molar-refractivity contribution in [3.8, 4) is 0 Å². The number of nitrogens with zero attached hydrogens (tertiary/aromatic N) is 3. The first kappa shape index (κ1) is 13.0. The zero-order valence-corrected chi connectivity index (χ0v) is 9.25. The van der Waals surface area contributed by atoms with Crippen LogP contribution in [0.5, 0.6) is 0 Å². The van der Waals surface area contributed by atoms with Gasteiger partial charge < -0.3 is 5.73 Å². The zero-order valence-electron chi connectivity index (χ0n) is 9.25. The highest BCUT2D eigenvalue weighted by Crippen LogP contribution is 2.30. The fraction of sp³-hybridized carbons (Fsp3) is 0.778. The molecule has 1 atom stereocenters. The minimum absolute atomic E-state index is 0.111. The van der Waals surface area contributed by atoms with Crippen molar-refractivity contribution in [3.05, 3.63) is 11.4 Å². The van der Waals surface area contributed by atoms with Gasteiger partial charge in [-0.05, 0) is 13.3 Å². The number of halogens is 3. The normalized spacial score (nSPS) is 14.1. The fourth-order valence-corrected chi connectivity index (χ4v) is 1.45. The van der Waals surface area contributed by atoms with E-state index in [1.54, 1.807) is 0 Å². The van der Waals surface area contributed by atoms with Crippen LogP contribution < -0.4 is 5.73 Å². The van der Waals surface area contributed by atoms with E-state index in [9.17, 15) is 13.2 Å². The average Bonchev–Trinajstić information content (AvgIpc) is 2.59. The van der Waals surface area contributed by atoms with E-state index in [0.29, 0.717) is 17.8 Å². The summed E-state index contributed by atoms with van der Waals surface area (Å²) in [5.74, 6) is 0. The van der Waals surface area contributed by atoms with Crippen molar-refractivity contribution in [1.29, 1.82) is 0 Å². The van der Waals surface area contributed by atoms with Gasteiger partial charge in [0.2, 0.25) is 0 Å². The molecule has 1 rings (SSSR count). The van der Waals surface area contributed by atoms with E-state index in [0.717, 1.165) is 18.0 Å². The van der Waals surface area contributed by atoms with Gasteiger partial charge in [-0.3, -0.25) is 0 Å². The molecule has 0 bridgehead atoms. The van der Waals surface area contributed by atoms with Crippen LogP contribution in [0.2, 0.25) is 0 Å². The first-order valence-electron chi connectivity index (χ1n) is 5.11. The molecule has 1 unspecified atom stereocenters. The summed E-state index contributed by atoms with van der Waals surface area (Å²) in [6.45, 7) is 3.06. The Bertz CT molecular complexity index is 345. The predicted octanol–water partition coefficient (Wildman–Crippen LogP) is 1.81. The van der Waals surface area contributed by atoms with Crippen LogP contribution in [0.3, 0.4) is 0 Å². The number of alkyl halides is 3. The minimum Gasteiger partial charge on any atom is -0.325 e. The van der Waals surface area contributed by atoms with Gasteiger partial charge in [0.05, 0.1) is 11.4 Å². The van der Waals surface area contributed by atoms with Gasteiger partial charge in [0.15, 0.2) is 0 Å². The Kier molecular flexibility index (Phi) is 3.90. The van der Waals surface area contributed by atoms with Crippen LogP contribution in [0.1, 0.15) is 37.7 Å². The van der Waals surface area contributed by atoms with Gasteiger partial charge >= 0.3 is 6.18 Å². The molecule has 16 heavy (non-hydrogen) atoms. The molecule has 0 aliphatic carbocycles. The summed E-state index contributed by atoms with van der Waals surface area (Å²) in [6.07, 6.45) is -3.09. The van der Waals surface area contributed by atoms with Crippen molar-refractivity contribution < 1.29 is 13.2 Å². The molecule has 1 heterocycles. The second-order valence-electron chi connectivity index (χ2n) is 3.60. The van der Waals surface area contributed by atoms with E-state index in [4.69, 9.17) is 5.73 Å². The van der Waals surface area contributed by atoms with Crippen LogP contribution in [0.25, 0.3) is 0 Å². The summed E-state index contributed by atoms with van der Waals surface area (Å²) in [5.41, 5.74) is 6.33. The lowest BCUT2D eigenvalue weighted by Crippen LogP contribution is -2.26. The molecule has 0 saturated carbocycles. The summed E-state index contributed by atoms with van der Waals surface area (Å²) in [4.78, 5) is 0. The number of nitrogens with two attached hydrogens (primary N) is 1. The van der Waals surface area contributed by atoms with E-state index in [1.807, 2.05) is 6.92 Å². The number of hydrogen-bond acceptors (Lipinski definition) is 3. The van der Waals surface area contributed by atoms with Crippen LogP contribution in [-0.2, 0) is 13.0 Å². The third-order valence-corrected chi connectivity index (χ3v) is 2.39. The van der Waals surface area contributed by atoms with Crippen LogP contribution >= 0.6 is 0 Å². The maximum absolute atomic E-state index is 12.5. The molecule has 7 heteroatoms. The van der Waals surface area contributed by atoms with Crippen LogP contribution in [0, 0.1) is 0 Å². The van der Waals surface area contributed by atoms with Gasteiger partial charge in [-0.15, -0.1) is 5.10 Å². The van der Waals surface area contributed by atoms with Crippen molar-refractivity contribution in [2.24, 2.45) is 5.73 Å². The average molecular weight is 236 g/mol. The smallest absolute Gasteiger partial charge is 0.325 e. The second-order valence-corrected chi connectivity index (χ2v) is 3.60. The SMILES string of the molecule is CCCc1c(CN)nnn1C(C)C(F)(F)F. The van der Waals surface area contributed by atoms with Crippen LogP contribution in [0.4, 0.5) is 13.2 Å². The van der Waals surface area contributed by atoms with E-state index in [2.05, 4.69) is 10.3 Å². The molecular weight excluding hydrogens is 221 g/mol. The molecule has 0 aliphatic rings. The maximum Gasteiger partial charge on any atom is 0.410 e. The Morgan fingerprint density at radius 1 is 1.44 bits per heavy atom. The third-order valence-electron chi connectivity index (χ3n) is 2.39. The maximum atomic E-state index is 12.5. The molecule has 1 aromatic rings. The van der Waals surface area contributed by atoms with Gasteiger partial charge in [-0.25, -0.2) is 4.68 Å². The van der Waals surface area contributed by atoms with Crippen LogP contribution in [0.15, 0.2) is 0 Å². The molecule has 0 aromatic carbocycles. The van der Waals surface area contributed by atoms with Crippen molar-refractivity contribution in [2.75, 3.05) is 0 Å². The summed E-state index contributed by atoms with van der Waals surface area (Å²) in [7, 11) is 0. The van der Waals surface area contributed by atoms with Gasteiger partial charge in [-0.2, -0.15) is 13.2 Å². The molecule has 0 spiro atoms. The summed E-state index contributed by atoms with van der Waals surface area (Å²) in [6, 6.07) is -1.66. The zero-order chi connectivity index (χ0) is 12.3. The lowest BCUT2D eigenvalue weighted by atomic mass is 10.2. The largest absolute Gasteiger partial charge is 0.410 e. The van der Waals surface area contributed by atoms with E-state index in [1.165, 1.54) is 0 Å². The molecule has 92 valence electrons. The third kappa shape index (κ3) is 2.52. The molecule has 0 amide bonds.